The van der Waals surface area contributed by atoms with E-state index in [1.165, 1.54) is 22.7 Å². The average molecular weight is 263 g/mol. The van der Waals surface area contributed by atoms with Crippen molar-refractivity contribution in [3.8, 4) is 0 Å². The predicted octanol–water partition coefficient (Wildman–Crippen LogP) is 2.77. The number of thiophene rings is 1. The monoisotopic (exact) mass is 262 g/mol. The van der Waals surface area contributed by atoms with Gasteiger partial charge in [0.15, 0.2) is 4.47 Å². The van der Waals surface area contributed by atoms with Crippen molar-refractivity contribution in [1.29, 1.82) is 0 Å². The number of anilines is 1. The number of nitrogens with two attached hydrogens (primary N) is 1. The third-order valence-corrected chi connectivity index (χ3v) is 4.12. The number of ether oxygens (including phenoxy) is 1. The minimum absolute atomic E-state index is 0.331. The number of fused-ring (bicyclic) bond motifs is 1. The lowest BCUT2D eigenvalue weighted by atomic mass is 10.4. The molecule has 2 rings (SSSR count). The highest BCUT2D eigenvalue weighted by atomic mass is 35.5. The quantitative estimate of drug-likeness (QED) is 0.845. The molecule has 0 aliphatic heterocycles. The Labute approximate surface area is 98.6 Å². The van der Waals surface area contributed by atoms with E-state index in [0.717, 1.165) is 4.70 Å². The van der Waals surface area contributed by atoms with Gasteiger partial charge in [-0.3, -0.25) is 0 Å². The summed E-state index contributed by atoms with van der Waals surface area (Å²) in [6, 6.07) is 0. The van der Waals surface area contributed by atoms with Crippen LogP contribution in [0.25, 0.3) is 9.53 Å². The number of nitrogen functional groups attached to an aromatic ring is 1. The lowest BCUT2D eigenvalue weighted by Crippen LogP contribution is -2.04. The van der Waals surface area contributed by atoms with Crippen molar-refractivity contribution in [3.05, 3.63) is 9.34 Å². The van der Waals surface area contributed by atoms with Crippen LogP contribution in [0.2, 0.25) is 4.47 Å². The smallest absolute Gasteiger partial charge is 0.350 e. The average Bonchev–Trinajstić information content (AvgIpc) is 2.66. The van der Waals surface area contributed by atoms with Gasteiger partial charge in [0.05, 0.1) is 17.0 Å². The number of rotatable bonds is 2. The second-order valence-electron chi connectivity index (χ2n) is 2.67. The van der Waals surface area contributed by atoms with Gasteiger partial charge in [-0.25, -0.2) is 9.78 Å². The zero-order valence-corrected chi connectivity index (χ0v) is 10.1. The minimum atomic E-state index is -0.402. The van der Waals surface area contributed by atoms with Crippen LogP contribution < -0.4 is 5.73 Å². The Morgan fingerprint density at radius 1 is 1.60 bits per heavy atom. The van der Waals surface area contributed by atoms with Gasteiger partial charge >= 0.3 is 5.97 Å². The van der Waals surface area contributed by atoms with E-state index in [2.05, 4.69) is 4.98 Å². The Kier molecular flexibility index (Phi) is 2.81. The number of thiazole rings is 1. The van der Waals surface area contributed by atoms with Crippen LogP contribution in [0.3, 0.4) is 0 Å². The Morgan fingerprint density at radius 2 is 2.33 bits per heavy atom. The van der Waals surface area contributed by atoms with Crippen LogP contribution in [-0.2, 0) is 4.74 Å². The maximum absolute atomic E-state index is 11.5. The first-order valence-electron chi connectivity index (χ1n) is 4.15. The van der Waals surface area contributed by atoms with Crippen molar-refractivity contribution in [1.82, 2.24) is 4.98 Å². The molecule has 0 aliphatic carbocycles. The normalized spacial score (nSPS) is 10.8. The molecule has 0 aliphatic rings. The molecule has 7 heteroatoms. The van der Waals surface area contributed by atoms with Crippen molar-refractivity contribution >= 4 is 55.5 Å². The van der Waals surface area contributed by atoms with E-state index in [1.807, 2.05) is 0 Å². The maximum Gasteiger partial charge on any atom is 0.350 e. The largest absolute Gasteiger partial charge is 0.462 e. The van der Waals surface area contributed by atoms with Gasteiger partial charge in [-0.15, -0.1) is 11.3 Å². The van der Waals surface area contributed by atoms with Crippen LogP contribution in [0.4, 0.5) is 5.69 Å². The molecule has 15 heavy (non-hydrogen) atoms. The highest BCUT2D eigenvalue weighted by Crippen LogP contribution is 2.39. The molecular weight excluding hydrogens is 256 g/mol. The summed E-state index contributed by atoms with van der Waals surface area (Å²) in [4.78, 5) is 16.6. The molecular formula is C8H7ClN2O2S2. The fourth-order valence-electron chi connectivity index (χ4n) is 1.12. The summed E-state index contributed by atoms with van der Waals surface area (Å²) in [5.41, 5.74) is 6.22. The van der Waals surface area contributed by atoms with Gasteiger partial charge in [0.1, 0.15) is 9.71 Å². The first-order chi connectivity index (χ1) is 7.13. The van der Waals surface area contributed by atoms with Crippen LogP contribution in [0, 0.1) is 0 Å². The first-order valence-corrected chi connectivity index (χ1v) is 6.16. The highest BCUT2D eigenvalue weighted by molar-refractivity contribution is 7.30. The Hall–Kier alpha value is -0.850. The second kappa shape index (κ2) is 3.96. The van der Waals surface area contributed by atoms with Gasteiger partial charge < -0.3 is 10.5 Å². The molecule has 0 amide bonds. The van der Waals surface area contributed by atoms with Gasteiger partial charge in [0.2, 0.25) is 0 Å². The molecule has 0 fully saturated rings. The van der Waals surface area contributed by atoms with E-state index >= 15 is 0 Å². The predicted molar refractivity (Wildman–Crippen MR) is 62.9 cm³/mol. The van der Waals surface area contributed by atoms with E-state index in [4.69, 9.17) is 22.1 Å². The molecule has 0 unspecified atom stereocenters. The summed E-state index contributed by atoms with van der Waals surface area (Å²) in [6.45, 7) is 2.08. The molecule has 0 bridgehead atoms. The van der Waals surface area contributed by atoms with E-state index in [0.29, 0.717) is 26.5 Å². The summed E-state index contributed by atoms with van der Waals surface area (Å²) in [7, 11) is 0. The molecule has 4 nitrogen and oxygen atoms in total. The maximum atomic E-state index is 11.5. The minimum Gasteiger partial charge on any atom is -0.462 e. The Balaban J connectivity index is 2.49. The van der Waals surface area contributed by atoms with E-state index < -0.39 is 5.97 Å². The molecule has 0 saturated heterocycles. The van der Waals surface area contributed by atoms with Crippen LogP contribution in [0.1, 0.15) is 16.6 Å². The molecule has 0 radical (unpaired) electrons. The Morgan fingerprint density at radius 3 is 2.93 bits per heavy atom. The molecule has 2 heterocycles. The van der Waals surface area contributed by atoms with Gasteiger partial charge in [-0.05, 0) is 6.92 Å². The van der Waals surface area contributed by atoms with Crippen LogP contribution in [0.5, 0.6) is 0 Å². The second-order valence-corrected chi connectivity index (χ2v) is 5.25. The molecule has 0 spiro atoms. The van der Waals surface area contributed by atoms with Crippen LogP contribution >= 0.6 is 34.3 Å². The van der Waals surface area contributed by atoms with Crippen LogP contribution in [-0.4, -0.2) is 17.6 Å². The summed E-state index contributed by atoms with van der Waals surface area (Å²) < 4.78 is 6.06. The third-order valence-electron chi connectivity index (χ3n) is 1.72. The van der Waals surface area contributed by atoms with Crippen molar-refractivity contribution in [2.75, 3.05) is 12.3 Å². The highest BCUT2D eigenvalue weighted by Gasteiger charge is 2.20. The Bertz CT molecular complexity index is 520. The summed E-state index contributed by atoms with van der Waals surface area (Å²) in [5.74, 6) is -0.402. The molecule has 0 aromatic carbocycles. The van der Waals surface area contributed by atoms with Crippen molar-refractivity contribution < 1.29 is 9.53 Å². The lowest BCUT2D eigenvalue weighted by molar-refractivity contribution is 0.0533. The number of hydrogen-bond acceptors (Lipinski definition) is 6. The summed E-state index contributed by atoms with van der Waals surface area (Å²) in [5, 5.41) is 0. The van der Waals surface area contributed by atoms with E-state index in [1.54, 1.807) is 6.92 Å². The summed E-state index contributed by atoms with van der Waals surface area (Å²) >= 11 is 8.21. The SMILES string of the molecule is CCOC(=O)c1sc2nc(Cl)sc2c1N. The number of carbonyl (C=O) groups excluding carboxylic acids is 1. The third kappa shape index (κ3) is 1.80. The first kappa shape index (κ1) is 10.7. The number of carbonyl (C=O) groups is 1. The topological polar surface area (TPSA) is 65.2 Å². The molecule has 0 saturated carbocycles. The standard InChI is InChI=1S/C8H7ClN2O2S2/c1-2-13-7(12)5-3(10)4-6(14-5)11-8(9)15-4/h2,10H2,1H3. The molecule has 2 aromatic heterocycles. The van der Waals surface area contributed by atoms with Crippen molar-refractivity contribution in [2.45, 2.75) is 6.92 Å². The molecule has 2 N–H and O–H groups in total. The zero-order valence-electron chi connectivity index (χ0n) is 7.74. The lowest BCUT2D eigenvalue weighted by Gasteiger charge is -1.98. The zero-order chi connectivity index (χ0) is 11.0. The van der Waals surface area contributed by atoms with Crippen LogP contribution in [0.15, 0.2) is 0 Å². The number of esters is 1. The van der Waals surface area contributed by atoms with E-state index in [9.17, 15) is 4.79 Å². The molecule has 0 atom stereocenters. The van der Waals surface area contributed by atoms with Crippen molar-refractivity contribution in [2.24, 2.45) is 0 Å². The molecule has 80 valence electrons. The fraction of sp³-hybridized carbons (Fsp3) is 0.250. The van der Waals surface area contributed by atoms with Gasteiger partial charge in [0.25, 0.3) is 0 Å². The number of nitrogens with zero attached hydrogens (tertiary/aromatic N) is 1. The summed E-state index contributed by atoms with van der Waals surface area (Å²) in [6.07, 6.45) is 0. The van der Waals surface area contributed by atoms with Gasteiger partial charge in [0, 0.05) is 0 Å². The fourth-order valence-corrected chi connectivity index (χ4v) is 3.40. The van der Waals surface area contributed by atoms with Gasteiger partial charge in [-0.1, -0.05) is 22.9 Å². The van der Waals surface area contributed by atoms with Crippen molar-refractivity contribution in [3.63, 3.8) is 0 Å². The van der Waals surface area contributed by atoms with E-state index in [-0.39, 0.29) is 0 Å². The number of hydrogen-bond donors (Lipinski definition) is 1. The number of halogens is 1. The van der Waals surface area contributed by atoms with Gasteiger partial charge in [-0.2, -0.15) is 0 Å². The number of aromatic nitrogens is 1. The molecule has 2 aromatic rings.